The van der Waals surface area contributed by atoms with Crippen LogP contribution in [0.5, 0.6) is 5.75 Å². The third-order valence-electron chi connectivity index (χ3n) is 3.10. The highest BCUT2D eigenvalue weighted by Crippen LogP contribution is 2.19. The molecule has 0 aliphatic carbocycles. The van der Waals surface area contributed by atoms with Gasteiger partial charge in [0.2, 0.25) is 0 Å². The molecule has 3 aromatic rings. The molecule has 0 atom stereocenters. The number of ether oxygens (including phenoxy) is 1. The van der Waals surface area contributed by atoms with E-state index in [0.29, 0.717) is 11.4 Å². The number of hydrogen-bond acceptors (Lipinski definition) is 3. The Morgan fingerprint density at radius 1 is 1.22 bits per heavy atom. The fourth-order valence-corrected chi connectivity index (χ4v) is 2.04. The van der Waals surface area contributed by atoms with E-state index in [1.807, 2.05) is 18.2 Å². The van der Waals surface area contributed by atoms with E-state index in [-0.39, 0.29) is 18.3 Å². The Labute approximate surface area is 132 Å². The monoisotopic (exact) mass is 311 g/mol. The molecule has 1 amide bonds. The zero-order chi connectivity index (χ0) is 16.1. The van der Waals surface area contributed by atoms with Crippen molar-refractivity contribution in [3.63, 3.8) is 0 Å². The summed E-state index contributed by atoms with van der Waals surface area (Å²) in [6.45, 7) is -0.156. The molecule has 0 aliphatic heterocycles. The number of benzene rings is 2. The predicted molar refractivity (Wildman–Crippen MR) is 84.5 cm³/mol. The number of hydrogen-bond donors (Lipinski definition) is 2. The summed E-state index contributed by atoms with van der Waals surface area (Å²) in [5.74, 6) is 0.511. The van der Waals surface area contributed by atoms with Crippen molar-refractivity contribution in [3.8, 4) is 17.1 Å². The Kier molecular flexibility index (Phi) is 4.33. The van der Waals surface area contributed by atoms with E-state index in [2.05, 4.69) is 15.3 Å². The van der Waals surface area contributed by atoms with Crippen molar-refractivity contribution < 1.29 is 13.9 Å². The summed E-state index contributed by atoms with van der Waals surface area (Å²) in [4.78, 5) is 19.1. The number of anilines is 1. The second-order valence-electron chi connectivity index (χ2n) is 4.81. The summed E-state index contributed by atoms with van der Waals surface area (Å²) in [7, 11) is 0. The van der Waals surface area contributed by atoms with Crippen molar-refractivity contribution in [2.24, 2.45) is 0 Å². The fraction of sp³-hybridized carbons (Fsp3) is 0.0588. The highest BCUT2D eigenvalue weighted by molar-refractivity contribution is 5.92. The molecule has 2 aromatic carbocycles. The molecular formula is C17H14FN3O2. The number of amides is 1. The van der Waals surface area contributed by atoms with Crippen LogP contribution in [-0.2, 0) is 4.79 Å². The van der Waals surface area contributed by atoms with Crippen LogP contribution in [-0.4, -0.2) is 22.5 Å². The molecule has 0 unspecified atom stereocenters. The molecule has 0 spiro atoms. The Morgan fingerprint density at radius 3 is 2.78 bits per heavy atom. The Hall–Kier alpha value is -3.15. The molecule has 6 heteroatoms. The number of H-pyrrole nitrogens is 1. The molecule has 0 aliphatic rings. The average molecular weight is 311 g/mol. The molecule has 3 rings (SSSR count). The molecule has 116 valence electrons. The van der Waals surface area contributed by atoms with E-state index < -0.39 is 0 Å². The number of aromatic nitrogens is 2. The van der Waals surface area contributed by atoms with Crippen molar-refractivity contribution >= 4 is 11.6 Å². The van der Waals surface area contributed by atoms with Crippen LogP contribution < -0.4 is 10.1 Å². The highest BCUT2D eigenvalue weighted by atomic mass is 19.1. The quantitative estimate of drug-likeness (QED) is 0.760. The molecule has 0 saturated heterocycles. The van der Waals surface area contributed by atoms with Crippen LogP contribution in [0.15, 0.2) is 60.9 Å². The Morgan fingerprint density at radius 2 is 2.04 bits per heavy atom. The van der Waals surface area contributed by atoms with Gasteiger partial charge in [0.1, 0.15) is 17.4 Å². The standard InChI is InChI=1S/C17H14FN3O2/c18-13-4-6-15(7-5-13)23-11-16(22)21-14-3-1-2-12(10-14)17-19-8-9-20-17/h1-10H,11H2,(H,19,20)(H,21,22). The SMILES string of the molecule is O=C(COc1ccc(F)cc1)Nc1cccc(-c2ncc[nH]2)c1. The molecule has 5 nitrogen and oxygen atoms in total. The number of carbonyl (C=O) groups excluding carboxylic acids is 1. The predicted octanol–water partition coefficient (Wildman–Crippen LogP) is 3.23. The van der Waals surface area contributed by atoms with E-state index in [1.54, 1.807) is 18.5 Å². The van der Waals surface area contributed by atoms with E-state index in [1.165, 1.54) is 24.3 Å². The van der Waals surface area contributed by atoms with Gasteiger partial charge in [-0.1, -0.05) is 12.1 Å². The Bertz CT molecular complexity index is 786. The third kappa shape index (κ3) is 3.94. The van der Waals surface area contributed by atoms with Gasteiger partial charge in [0.05, 0.1) is 0 Å². The number of nitrogens with zero attached hydrogens (tertiary/aromatic N) is 1. The normalized spacial score (nSPS) is 10.3. The summed E-state index contributed by atoms with van der Waals surface area (Å²) in [5.41, 5.74) is 1.51. The zero-order valence-corrected chi connectivity index (χ0v) is 12.1. The maximum Gasteiger partial charge on any atom is 0.262 e. The number of aromatic amines is 1. The number of imidazole rings is 1. The Balaban J connectivity index is 1.59. The van der Waals surface area contributed by atoms with Gasteiger partial charge in [-0.2, -0.15) is 0 Å². The van der Waals surface area contributed by atoms with E-state index in [9.17, 15) is 9.18 Å². The molecule has 1 aromatic heterocycles. The molecule has 0 fully saturated rings. The number of rotatable bonds is 5. The topological polar surface area (TPSA) is 67.0 Å². The first-order chi connectivity index (χ1) is 11.2. The number of halogens is 1. The minimum absolute atomic E-state index is 0.156. The van der Waals surface area contributed by atoms with Gasteiger partial charge in [-0.3, -0.25) is 4.79 Å². The number of nitrogens with one attached hydrogen (secondary N) is 2. The van der Waals surface area contributed by atoms with Crippen LogP contribution in [0, 0.1) is 5.82 Å². The fourth-order valence-electron chi connectivity index (χ4n) is 2.04. The number of carbonyl (C=O) groups is 1. The van der Waals surface area contributed by atoms with E-state index in [0.717, 1.165) is 11.4 Å². The van der Waals surface area contributed by atoms with Crippen LogP contribution in [0.3, 0.4) is 0 Å². The van der Waals surface area contributed by atoms with Crippen LogP contribution in [0.1, 0.15) is 0 Å². The third-order valence-corrected chi connectivity index (χ3v) is 3.10. The summed E-state index contributed by atoms with van der Waals surface area (Å²) in [6, 6.07) is 12.8. The lowest BCUT2D eigenvalue weighted by molar-refractivity contribution is -0.118. The van der Waals surface area contributed by atoms with Crippen LogP contribution in [0.25, 0.3) is 11.4 Å². The van der Waals surface area contributed by atoms with Crippen LogP contribution >= 0.6 is 0 Å². The molecule has 0 radical (unpaired) electrons. The van der Waals surface area contributed by atoms with Gasteiger partial charge in [0.15, 0.2) is 6.61 Å². The summed E-state index contributed by atoms with van der Waals surface area (Å²) in [5, 5.41) is 2.75. The molecular weight excluding hydrogens is 297 g/mol. The lowest BCUT2D eigenvalue weighted by atomic mass is 10.2. The van der Waals surface area contributed by atoms with Gasteiger partial charge in [-0.15, -0.1) is 0 Å². The zero-order valence-electron chi connectivity index (χ0n) is 12.1. The maximum absolute atomic E-state index is 12.8. The van der Waals surface area contributed by atoms with Gasteiger partial charge in [0.25, 0.3) is 5.91 Å². The molecule has 1 heterocycles. The lowest BCUT2D eigenvalue weighted by Crippen LogP contribution is -2.20. The second-order valence-corrected chi connectivity index (χ2v) is 4.81. The van der Waals surface area contributed by atoms with Gasteiger partial charge in [-0.05, 0) is 36.4 Å². The van der Waals surface area contributed by atoms with Gasteiger partial charge in [-0.25, -0.2) is 9.37 Å². The summed E-state index contributed by atoms with van der Waals surface area (Å²) in [6.07, 6.45) is 3.40. The first-order valence-corrected chi connectivity index (χ1v) is 6.99. The minimum Gasteiger partial charge on any atom is -0.484 e. The van der Waals surface area contributed by atoms with E-state index >= 15 is 0 Å². The summed E-state index contributed by atoms with van der Waals surface area (Å²) >= 11 is 0. The smallest absolute Gasteiger partial charge is 0.262 e. The molecule has 0 bridgehead atoms. The van der Waals surface area contributed by atoms with E-state index in [4.69, 9.17) is 4.74 Å². The van der Waals surface area contributed by atoms with Gasteiger partial charge >= 0.3 is 0 Å². The largest absolute Gasteiger partial charge is 0.484 e. The van der Waals surface area contributed by atoms with Gasteiger partial charge < -0.3 is 15.0 Å². The second kappa shape index (κ2) is 6.74. The molecule has 2 N–H and O–H groups in total. The molecule has 23 heavy (non-hydrogen) atoms. The van der Waals surface area contributed by atoms with Crippen molar-refractivity contribution in [2.75, 3.05) is 11.9 Å². The average Bonchev–Trinajstić information content (AvgIpc) is 3.09. The van der Waals surface area contributed by atoms with Crippen molar-refractivity contribution in [1.29, 1.82) is 0 Å². The summed E-state index contributed by atoms with van der Waals surface area (Å²) < 4.78 is 18.1. The van der Waals surface area contributed by atoms with Gasteiger partial charge in [0, 0.05) is 23.6 Å². The highest BCUT2D eigenvalue weighted by Gasteiger charge is 2.06. The maximum atomic E-state index is 12.8. The van der Waals surface area contributed by atoms with Crippen LogP contribution in [0.4, 0.5) is 10.1 Å². The lowest BCUT2D eigenvalue weighted by Gasteiger charge is -2.08. The minimum atomic E-state index is -0.350. The van der Waals surface area contributed by atoms with Crippen molar-refractivity contribution in [1.82, 2.24) is 9.97 Å². The molecule has 0 saturated carbocycles. The van der Waals surface area contributed by atoms with Crippen molar-refractivity contribution in [3.05, 3.63) is 66.7 Å². The van der Waals surface area contributed by atoms with Crippen molar-refractivity contribution in [2.45, 2.75) is 0 Å². The first-order valence-electron chi connectivity index (χ1n) is 6.99. The first kappa shape index (κ1) is 14.8. The van der Waals surface area contributed by atoms with Crippen LogP contribution in [0.2, 0.25) is 0 Å².